The van der Waals surface area contributed by atoms with Crippen molar-refractivity contribution in [3.63, 3.8) is 0 Å². The fourth-order valence-electron chi connectivity index (χ4n) is 7.50. The van der Waals surface area contributed by atoms with Gasteiger partial charge < -0.3 is 34.8 Å². The lowest BCUT2D eigenvalue weighted by Gasteiger charge is -2.49. The summed E-state index contributed by atoms with van der Waals surface area (Å²) in [5, 5.41) is 15.0. The van der Waals surface area contributed by atoms with Gasteiger partial charge in [-0.25, -0.2) is 4.79 Å². The highest BCUT2D eigenvalue weighted by Crippen LogP contribution is 2.41. The highest BCUT2D eigenvalue weighted by atomic mass is 32.2. The predicted octanol–water partition coefficient (Wildman–Crippen LogP) is 1.39. The summed E-state index contributed by atoms with van der Waals surface area (Å²) in [6.07, 6.45) is 3.09. The number of rotatable bonds is 9. The first-order valence-electron chi connectivity index (χ1n) is 17.3. The topological polar surface area (TPSA) is 188 Å². The van der Waals surface area contributed by atoms with Crippen LogP contribution in [0, 0.1) is 0 Å². The van der Waals surface area contributed by atoms with Crippen LogP contribution in [0.3, 0.4) is 0 Å². The van der Waals surface area contributed by atoms with E-state index in [4.69, 9.17) is 4.74 Å². The number of β-lactam (4-membered cyclic amide) rings is 1. The molecule has 16 heteroatoms. The summed E-state index contributed by atoms with van der Waals surface area (Å²) in [5.41, 5.74) is 2.58. The van der Waals surface area contributed by atoms with Gasteiger partial charge in [0.05, 0.1) is 5.52 Å². The van der Waals surface area contributed by atoms with Crippen molar-refractivity contribution in [3.8, 4) is 0 Å². The van der Waals surface area contributed by atoms with E-state index in [2.05, 4.69) is 15.5 Å². The van der Waals surface area contributed by atoms with Crippen LogP contribution < -0.4 is 21.0 Å². The normalized spacial score (nSPS) is 20.0. The number of aliphatic carboxylic acids is 1. The summed E-state index contributed by atoms with van der Waals surface area (Å²) in [4.78, 5) is 95.6. The van der Waals surface area contributed by atoms with Gasteiger partial charge >= 0.3 is 11.9 Å². The van der Waals surface area contributed by atoms with E-state index in [1.807, 2.05) is 15.5 Å². The average molecular weight is 743 g/mol. The van der Waals surface area contributed by atoms with Gasteiger partial charge in [-0.1, -0.05) is 30.3 Å². The Bertz CT molecular complexity index is 2140. The lowest BCUT2D eigenvalue weighted by Crippen LogP contribution is -2.71. The summed E-state index contributed by atoms with van der Waals surface area (Å²) in [7, 11) is 0. The second kappa shape index (κ2) is 14.4. The molecule has 53 heavy (non-hydrogen) atoms. The van der Waals surface area contributed by atoms with E-state index in [1.54, 1.807) is 49.5 Å². The number of anilines is 1. The number of carboxylic acid groups (broad SMARTS) is 1. The number of hydrogen-bond acceptors (Lipinski definition) is 10. The van der Waals surface area contributed by atoms with Gasteiger partial charge in [-0.2, -0.15) is 0 Å². The number of esters is 1. The van der Waals surface area contributed by atoms with Crippen molar-refractivity contribution in [2.75, 3.05) is 43.4 Å². The number of carbonyl (C=O) groups is 6. The number of carbonyl (C=O) groups excluding carboxylic acids is 5. The molecule has 3 unspecified atom stereocenters. The van der Waals surface area contributed by atoms with E-state index >= 15 is 0 Å². The number of carboxylic acids is 1. The minimum absolute atomic E-state index is 0.0435. The second-order valence-corrected chi connectivity index (χ2v) is 14.5. The van der Waals surface area contributed by atoms with Crippen molar-refractivity contribution in [2.24, 2.45) is 0 Å². The molecule has 0 bridgehead atoms. The Kier molecular flexibility index (Phi) is 9.72. The van der Waals surface area contributed by atoms with E-state index in [1.165, 1.54) is 18.7 Å². The minimum Gasteiger partial charge on any atom is -0.477 e. The van der Waals surface area contributed by atoms with Gasteiger partial charge in [0.15, 0.2) is 0 Å². The zero-order chi connectivity index (χ0) is 37.6. The Morgan fingerprint density at radius 1 is 0.981 bits per heavy atom. The smallest absolute Gasteiger partial charge is 0.352 e. The molecule has 0 radical (unpaired) electrons. The number of piperazine rings is 1. The Labute approximate surface area is 307 Å². The summed E-state index contributed by atoms with van der Waals surface area (Å²) in [6, 6.07) is 9.67. The summed E-state index contributed by atoms with van der Waals surface area (Å²) in [5.74, 6) is -3.89. The third-order valence-corrected chi connectivity index (χ3v) is 11.5. The molecule has 4 aliphatic heterocycles. The molecule has 4 aliphatic rings. The van der Waals surface area contributed by atoms with Crippen LogP contribution in [-0.4, -0.2) is 105 Å². The second-order valence-electron chi connectivity index (χ2n) is 13.4. The van der Waals surface area contributed by atoms with Crippen LogP contribution in [0.1, 0.15) is 47.8 Å². The van der Waals surface area contributed by atoms with Crippen LogP contribution in [-0.2, 0) is 41.7 Å². The first-order chi connectivity index (χ1) is 25.4. The Hall–Kier alpha value is -5.64. The van der Waals surface area contributed by atoms with Gasteiger partial charge in [0, 0.05) is 75.2 Å². The SMILES string of the molecule is CC(=O)OCC1=C(C(=O)O)N2C(=O)C(NC(=O)C(NC(=O)c3cn4c5c(c(N6CCN(C(C)=O)CC6)ccc5c3=O)CCC4)c3ccccc3)C2SC1. The number of fused-ring (bicyclic) bond motifs is 1. The quantitative estimate of drug-likeness (QED) is 0.213. The first kappa shape index (κ1) is 35.7. The van der Waals surface area contributed by atoms with Crippen molar-refractivity contribution in [1.82, 2.24) is 25.0 Å². The number of benzene rings is 2. The predicted molar refractivity (Wildman–Crippen MR) is 194 cm³/mol. The number of pyridine rings is 1. The summed E-state index contributed by atoms with van der Waals surface area (Å²) in [6.45, 7) is 5.64. The Balaban J connectivity index is 1.13. The molecule has 7 rings (SSSR count). The number of nitrogens with zero attached hydrogens (tertiary/aromatic N) is 4. The monoisotopic (exact) mass is 742 g/mol. The molecule has 5 heterocycles. The van der Waals surface area contributed by atoms with Crippen molar-refractivity contribution >= 4 is 63.9 Å². The molecule has 2 saturated heterocycles. The maximum absolute atomic E-state index is 14.0. The van der Waals surface area contributed by atoms with E-state index in [0.717, 1.165) is 34.5 Å². The highest BCUT2D eigenvalue weighted by molar-refractivity contribution is 8.00. The molecular formula is C37H38N6O9S. The number of thioether (sulfide) groups is 1. The van der Waals surface area contributed by atoms with E-state index in [9.17, 15) is 38.7 Å². The molecule has 0 saturated carbocycles. The van der Waals surface area contributed by atoms with Gasteiger partial charge in [0.1, 0.15) is 35.3 Å². The fraction of sp³-hybridized carbons (Fsp3) is 0.378. The van der Waals surface area contributed by atoms with E-state index < -0.39 is 52.5 Å². The van der Waals surface area contributed by atoms with Crippen LogP contribution in [0.25, 0.3) is 10.9 Å². The summed E-state index contributed by atoms with van der Waals surface area (Å²) < 4.78 is 6.91. The van der Waals surface area contributed by atoms with Crippen molar-refractivity contribution in [2.45, 2.75) is 50.7 Å². The van der Waals surface area contributed by atoms with Crippen LogP contribution in [0.5, 0.6) is 0 Å². The minimum atomic E-state index is -1.36. The lowest BCUT2D eigenvalue weighted by atomic mass is 9.96. The fourth-order valence-corrected chi connectivity index (χ4v) is 8.83. The molecule has 2 fully saturated rings. The van der Waals surface area contributed by atoms with E-state index in [-0.39, 0.29) is 35.1 Å². The number of aryl methyl sites for hydroxylation is 2. The molecule has 0 spiro atoms. The molecule has 0 aliphatic carbocycles. The zero-order valence-corrected chi connectivity index (χ0v) is 29.9. The molecule has 2 aromatic carbocycles. The number of hydrogen-bond donors (Lipinski definition) is 3. The Morgan fingerprint density at radius 2 is 1.72 bits per heavy atom. The average Bonchev–Trinajstić information content (AvgIpc) is 3.16. The molecule has 3 atom stereocenters. The van der Waals surface area contributed by atoms with Gasteiger partial charge in [-0.15, -0.1) is 11.8 Å². The van der Waals surface area contributed by atoms with Gasteiger partial charge in [-0.05, 0) is 36.1 Å². The molecule has 15 nitrogen and oxygen atoms in total. The van der Waals surface area contributed by atoms with Crippen LogP contribution in [0.4, 0.5) is 5.69 Å². The third-order valence-electron chi connectivity index (χ3n) is 10.1. The van der Waals surface area contributed by atoms with Gasteiger partial charge in [-0.3, -0.25) is 33.7 Å². The van der Waals surface area contributed by atoms with Gasteiger partial charge in [0.25, 0.3) is 11.8 Å². The third kappa shape index (κ3) is 6.62. The lowest BCUT2D eigenvalue weighted by molar-refractivity contribution is -0.151. The standard InChI is InChI=1S/C37H38N6O9S/c1-20(44)40-13-15-41(16-14-40)27-11-10-25-31-24(27)9-6-12-42(31)17-26(32(25)46)33(47)38-28(22-7-4-3-5-8-22)34(48)39-29-35(49)43-30(37(50)51)23(18-52-21(2)45)19-53-36(29)43/h3-5,7-8,10-11,17,28-29,36H,6,9,12-16,18-19H2,1-2H3,(H,38,47)(H,39,48)(H,50,51). The maximum atomic E-state index is 14.0. The van der Waals surface area contributed by atoms with Crippen molar-refractivity contribution < 1.29 is 38.6 Å². The molecule has 3 aromatic rings. The highest BCUT2D eigenvalue weighted by Gasteiger charge is 2.54. The van der Waals surface area contributed by atoms with Crippen LogP contribution >= 0.6 is 11.8 Å². The number of amides is 4. The maximum Gasteiger partial charge on any atom is 0.352 e. The molecule has 3 N–H and O–H groups in total. The van der Waals surface area contributed by atoms with Crippen LogP contribution in [0.15, 0.2) is 64.7 Å². The van der Waals surface area contributed by atoms with E-state index in [0.29, 0.717) is 43.7 Å². The molecule has 276 valence electrons. The number of ether oxygens (including phenoxy) is 1. The Morgan fingerprint density at radius 3 is 2.40 bits per heavy atom. The zero-order valence-electron chi connectivity index (χ0n) is 29.1. The number of aromatic nitrogens is 1. The molecular weight excluding hydrogens is 705 g/mol. The van der Waals surface area contributed by atoms with Crippen LogP contribution in [0.2, 0.25) is 0 Å². The summed E-state index contributed by atoms with van der Waals surface area (Å²) >= 11 is 1.22. The molecule has 1 aromatic heterocycles. The van der Waals surface area contributed by atoms with Gasteiger partial charge in [0.2, 0.25) is 17.2 Å². The largest absolute Gasteiger partial charge is 0.477 e. The van der Waals surface area contributed by atoms with Crippen molar-refractivity contribution in [1.29, 1.82) is 0 Å². The van der Waals surface area contributed by atoms with Crippen molar-refractivity contribution in [3.05, 3.63) is 86.8 Å². The number of nitrogens with one attached hydrogen (secondary N) is 2. The first-order valence-corrected chi connectivity index (χ1v) is 18.4. The molecule has 4 amide bonds.